The van der Waals surface area contributed by atoms with E-state index in [1.54, 1.807) is 12.4 Å². The second kappa shape index (κ2) is 4.61. The summed E-state index contributed by atoms with van der Waals surface area (Å²) in [5.41, 5.74) is 9.98. The van der Waals surface area contributed by atoms with Crippen LogP contribution in [0.1, 0.15) is 11.1 Å². The Balaban J connectivity index is 2.45. The number of hydrazone groups is 1. The molecule has 1 aromatic carbocycles. The predicted molar refractivity (Wildman–Crippen MR) is 66.8 cm³/mol. The number of benzene rings is 1. The highest BCUT2D eigenvalue weighted by molar-refractivity contribution is 5.99. The van der Waals surface area contributed by atoms with E-state index in [-0.39, 0.29) is 0 Å². The van der Waals surface area contributed by atoms with E-state index >= 15 is 0 Å². The fraction of sp³-hybridized carbons (Fsp3) is 0.0833. The monoisotopic (exact) mass is 228 g/mol. The first-order valence-electron chi connectivity index (χ1n) is 5.11. The number of aromatic nitrogens is 1. The van der Waals surface area contributed by atoms with Crippen molar-refractivity contribution in [1.29, 1.82) is 0 Å². The average molecular weight is 228 g/mol. The number of carbonyl (C=O) groups is 1. The normalized spacial score (nSPS) is 10.9. The molecule has 0 unspecified atom stereocenters. The highest BCUT2D eigenvalue weighted by Crippen LogP contribution is 2.18. The molecule has 5 nitrogen and oxygen atoms in total. The molecule has 0 fully saturated rings. The Labute approximate surface area is 98.3 Å². The first-order valence-corrected chi connectivity index (χ1v) is 5.11. The molecule has 17 heavy (non-hydrogen) atoms. The maximum Gasteiger partial charge on any atom is 0.332 e. The Morgan fingerprint density at radius 2 is 2.29 bits per heavy atom. The maximum atomic E-state index is 10.5. The van der Waals surface area contributed by atoms with Gasteiger partial charge in [-0.25, -0.2) is 10.2 Å². The van der Waals surface area contributed by atoms with Crippen molar-refractivity contribution in [3.8, 4) is 0 Å². The van der Waals surface area contributed by atoms with Crippen LogP contribution in [0.2, 0.25) is 0 Å². The van der Waals surface area contributed by atoms with E-state index in [4.69, 9.17) is 5.73 Å². The van der Waals surface area contributed by atoms with Crippen LogP contribution in [0, 0.1) is 6.92 Å². The van der Waals surface area contributed by atoms with Crippen molar-refractivity contribution in [3.05, 3.63) is 41.6 Å². The molecule has 0 aliphatic rings. The Morgan fingerprint density at radius 1 is 1.47 bits per heavy atom. The molecule has 0 aliphatic heterocycles. The van der Waals surface area contributed by atoms with Gasteiger partial charge in [0.05, 0.1) is 11.7 Å². The number of rotatable bonds is 2. The van der Waals surface area contributed by atoms with Gasteiger partial charge in [-0.1, -0.05) is 18.2 Å². The lowest BCUT2D eigenvalue weighted by atomic mass is 10.1. The molecular weight excluding hydrogens is 216 g/mol. The average Bonchev–Trinajstić information content (AvgIpc) is 2.32. The Hall–Kier alpha value is -2.43. The summed E-state index contributed by atoms with van der Waals surface area (Å²) in [5, 5.41) is 4.73. The van der Waals surface area contributed by atoms with Gasteiger partial charge in [0.2, 0.25) is 0 Å². The second-order valence-corrected chi connectivity index (χ2v) is 3.61. The van der Waals surface area contributed by atoms with Gasteiger partial charge in [0.1, 0.15) is 0 Å². The molecule has 1 heterocycles. The van der Waals surface area contributed by atoms with Gasteiger partial charge in [0.25, 0.3) is 0 Å². The number of aryl methyl sites for hydroxylation is 1. The lowest BCUT2D eigenvalue weighted by Gasteiger charge is -2.03. The zero-order valence-electron chi connectivity index (χ0n) is 9.34. The Morgan fingerprint density at radius 3 is 3.06 bits per heavy atom. The standard InChI is InChI=1S/C12H12N4O/c1-8-4-5-9(7-15-16-12(13)17)10-3-2-6-14-11(8)10/h2-7H,1H3,(H3,13,16,17). The molecule has 2 aromatic rings. The zero-order chi connectivity index (χ0) is 12.3. The predicted octanol–water partition coefficient (Wildman–Crippen LogP) is 1.55. The van der Waals surface area contributed by atoms with Crippen LogP contribution in [0.25, 0.3) is 10.9 Å². The molecule has 0 saturated heterocycles. The van der Waals surface area contributed by atoms with Gasteiger partial charge >= 0.3 is 6.03 Å². The van der Waals surface area contributed by atoms with Gasteiger partial charge < -0.3 is 5.73 Å². The first kappa shape index (κ1) is 11.1. The van der Waals surface area contributed by atoms with Crippen LogP contribution < -0.4 is 11.2 Å². The van der Waals surface area contributed by atoms with Crippen LogP contribution in [0.4, 0.5) is 4.79 Å². The topological polar surface area (TPSA) is 80.4 Å². The molecule has 2 amide bonds. The highest BCUT2D eigenvalue weighted by Gasteiger charge is 2.01. The summed E-state index contributed by atoms with van der Waals surface area (Å²) in [6.07, 6.45) is 3.30. The van der Waals surface area contributed by atoms with Crippen LogP contribution in [0.15, 0.2) is 35.6 Å². The van der Waals surface area contributed by atoms with Gasteiger partial charge in [-0.15, -0.1) is 0 Å². The van der Waals surface area contributed by atoms with Crippen LogP contribution >= 0.6 is 0 Å². The minimum atomic E-state index is -0.684. The molecule has 2 rings (SSSR count). The minimum Gasteiger partial charge on any atom is -0.350 e. The molecule has 0 spiro atoms. The van der Waals surface area contributed by atoms with Crippen LogP contribution in [0.5, 0.6) is 0 Å². The molecule has 0 saturated carbocycles. The molecule has 1 aromatic heterocycles. The van der Waals surface area contributed by atoms with E-state index in [0.29, 0.717) is 0 Å². The van der Waals surface area contributed by atoms with Crippen molar-refractivity contribution in [3.63, 3.8) is 0 Å². The smallest absolute Gasteiger partial charge is 0.332 e. The second-order valence-electron chi connectivity index (χ2n) is 3.61. The summed E-state index contributed by atoms with van der Waals surface area (Å²) in [4.78, 5) is 14.8. The van der Waals surface area contributed by atoms with Crippen molar-refractivity contribution in [1.82, 2.24) is 10.4 Å². The molecule has 0 radical (unpaired) electrons. The number of nitrogens with zero attached hydrogens (tertiary/aromatic N) is 2. The molecule has 5 heteroatoms. The lowest BCUT2D eigenvalue weighted by Crippen LogP contribution is -2.24. The summed E-state index contributed by atoms with van der Waals surface area (Å²) in [5.74, 6) is 0. The number of fused-ring (bicyclic) bond motifs is 1. The summed E-state index contributed by atoms with van der Waals surface area (Å²) in [7, 11) is 0. The summed E-state index contributed by atoms with van der Waals surface area (Å²) < 4.78 is 0. The summed E-state index contributed by atoms with van der Waals surface area (Å²) in [6.45, 7) is 2.00. The van der Waals surface area contributed by atoms with Gasteiger partial charge in [-0.3, -0.25) is 4.98 Å². The van der Waals surface area contributed by atoms with Gasteiger partial charge in [-0.05, 0) is 18.6 Å². The third-order valence-corrected chi connectivity index (χ3v) is 2.38. The summed E-state index contributed by atoms with van der Waals surface area (Å²) >= 11 is 0. The van der Waals surface area contributed by atoms with Crippen LogP contribution in [-0.4, -0.2) is 17.2 Å². The number of hydrogen-bond acceptors (Lipinski definition) is 3. The number of nitrogens with one attached hydrogen (secondary N) is 1. The Kier molecular flexibility index (Phi) is 3.00. The molecule has 3 N–H and O–H groups in total. The van der Waals surface area contributed by atoms with Crippen molar-refractivity contribution in [2.75, 3.05) is 0 Å². The number of carbonyl (C=O) groups excluding carboxylic acids is 1. The minimum absolute atomic E-state index is 0.684. The third-order valence-electron chi connectivity index (χ3n) is 2.38. The third kappa shape index (κ3) is 2.39. The molecule has 0 aliphatic carbocycles. The van der Waals surface area contributed by atoms with Gasteiger partial charge in [0.15, 0.2) is 0 Å². The lowest BCUT2D eigenvalue weighted by molar-refractivity contribution is 0.249. The number of hydrogen-bond donors (Lipinski definition) is 2. The van der Waals surface area contributed by atoms with Crippen LogP contribution in [0.3, 0.4) is 0 Å². The maximum absolute atomic E-state index is 10.5. The zero-order valence-corrected chi connectivity index (χ0v) is 9.34. The van der Waals surface area contributed by atoms with Crippen molar-refractivity contribution < 1.29 is 4.79 Å². The van der Waals surface area contributed by atoms with E-state index in [1.807, 2.05) is 31.2 Å². The number of nitrogens with two attached hydrogens (primary N) is 1. The number of primary amides is 1. The fourth-order valence-electron chi connectivity index (χ4n) is 1.61. The summed E-state index contributed by atoms with van der Waals surface area (Å²) in [6, 6.07) is 7.02. The van der Waals surface area contributed by atoms with E-state index in [9.17, 15) is 4.79 Å². The quantitative estimate of drug-likeness (QED) is 0.604. The largest absolute Gasteiger partial charge is 0.350 e. The fourth-order valence-corrected chi connectivity index (χ4v) is 1.61. The van der Waals surface area contributed by atoms with Gasteiger partial charge in [-0.2, -0.15) is 5.10 Å². The molecule has 0 atom stereocenters. The van der Waals surface area contributed by atoms with Crippen molar-refractivity contribution >= 4 is 23.1 Å². The number of urea groups is 1. The molecular formula is C12H12N4O. The molecule has 0 bridgehead atoms. The van der Waals surface area contributed by atoms with E-state index in [0.717, 1.165) is 22.0 Å². The Bertz CT molecular complexity index is 592. The SMILES string of the molecule is Cc1ccc(C=NNC(N)=O)c2cccnc12. The highest BCUT2D eigenvalue weighted by atomic mass is 16.2. The first-order chi connectivity index (χ1) is 8.18. The van der Waals surface area contributed by atoms with E-state index < -0.39 is 6.03 Å². The number of amides is 2. The van der Waals surface area contributed by atoms with Crippen molar-refractivity contribution in [2.24, 2.45) is 10.8 Å². The van der Waals surface area contributed by atoms with Crippen LogP contribution in [-0.2, 0) is 0 Å². The van der Waals surface area contributed by atoms with E-state index in [1.165, 1.54) is 0 Å². The molecule has 86 valence electrons. The van der Waals surface area contributed by atoms with Crippen molar-refractivity contribution in [2.45, 2.75) is 6.92 Å². The van der Waals surface area contributed by atoms with E-state index in [2.05, 4.69) is 15.5 Å². The van der Waals surface area contributed by atoms with Gasteiger partial charge in [0, 0.05) is 17.1 Å². The number of pyridine rings is 1.